The van der Waals surface area contributed by atoms with Crippen molar-refractivity contribution < 1.29 is 4.42 Å². The van der Waals surface area contributed by atoms with Crippen molar-refractivity contribution in [2.24, 2.45) is 0 Å². The molecule has 0 amide bonds. The smallest absolute Gasteiger partial charge is 0.136 e. The zero-order valence-corrected chi connectivity index (χ0v) is 25.6. The summed E-state index contributed by atoms with van der Waals surface area (Å²) in [7, 11) is 0. The van der Waals surface area contributed by atoms with Gasteiger partial charge < -0.3 is 9.32 Å². The number of likely N-dealkylation sites (N-methyl/N-ethyl adjacent to an activating group) is 1. The van der Waals surface area contributed by atoms with Gasteiger partial charge in [-0.1, -0.05) is 110 Å². The Morgan fingerprint density at radius 3 is 2.00 bits per heavy atom. The fourth-order valence-electron chi connectivity index (χ4n) is 8.00. The van der Waals surface area contributed by atoms with Gasteiger partial charge in [-0.3, -0.25) is 0 Å². The molecule has 2 nitrogen and oxygen atoms in total. The van der Waals surface area contributed by atoms with E-state index in [9.17, 15) is 0 Å². The van der Waals surface area contributed by atoms with Gasteiger partial charge in [0, 0.05) is 17.3 Å². The molecular weight excluding hydrogens is 546 g/mol. The second kappa shape index (κ2) is 10.6. The molecule has 1 fully saturated rings. The van der Waals surface area contributed by atoms with Crippen LogP contribution in [0.3, 0.4) is 0 Å². The number of benzene rings is 7. The first-order chi connectivity index (χ1) is 22.3. The van der Waals surface area contributed by atoms with Crippen LogP contribution in [0.5, 0.6) is 0 Å². The maximum Gasteiger partial charge on any atom is 0.136 e. The lowest BCUT2D eigenvalue weighted by molar-refractivity contribution is 0.218. The first kappa shape index (κ1) is 26.5. The molecule has 0 N–H and O–H groups in total. The maximum absolute atomic E-state index is 6.64. The van der Waals surface area contributed by atoms with E-state index in [0.717, 1.165) is 24.3 Å². The molecule has 218 valence electrons. The fourth-order valence-corrected chi connectivity index (χ4v) is 8.00. The van der Waals surface area contributed by atoms with Crippen molar-refractivity contribution in [3.8, 4) is 22.3 Å². The van der Waals surface area contributed by atoms with Crippen molar-refractivity contribution in [3.05, 3.63) is 133 Å². The molecule has 8 aromatic rings. The van der Waals surface area contributed by atoms with Crippen LogP contribution in [-0.4, -0.2) is 24.5 Å². The molecule has 2 heterocycles. The minimum atomic E-state index is 0.490. The lowest BCUT2D eigenvalue weighted by atomic mass is 9.82. The molecule has 7 aromatic carbocycles. The summed E-state index contributed by atoms with van der Waals surface area (Å²) in [6.45, 7) is 5.68. The molecule has 2 heteroatoms. The van der Waals surface area contributed by atoms with Gasteiger partial charge in [-0.15, -0.1) is 0 Å². The van der Waals surface area contributed by atoms with Crippen molar-refractivity contribution in [1.82, 2.24) is 4.90 Å². The predicted molar refractivity (Wildman–Crippen MR) is 191 cm³/mol. The summed E-state index contributed by atoms with van der Waals surface area (Å²) in [5.41, 5.74) is 8.45. The van der Waals surface area contributed by atoms with Crippen molar-refractivity contribution in [1.29, 1.82) is 0 Å². The highest BCUT2D eigenvalue weighted by atomic mass is 16.3. The van der Waals surface area contributed by atoms with Gasteiger partial charge in [-0.25, -0.2) is 0 Å². The number of hydrogen-bond donors (Lipinski definition) is 0. The second-order valence-electron chi connectivity index (χ2n) is 12.7. The number of hydrogen-bond acceptors (Lipinski definition) is 2. The lowest BCUT2D eigenvalue weighted by Gasteiger charge is -2.32. The summed E-state index contributed by atoms with van der Waals surface area (Å²) in [5, 5.41) is 10.0. The predicted octanol–water partition coefficient (Wildman–Crippen LogP) is 11.6. The van der Waals surface area contributed by atoms with E-state index in [1.165, 1.54) is 90.3 Å². The van der Waals surface area contributed by atoms with E-state index in [1.807, 2.05) is 0 Å². The summed E-state index contributed by atoms with van der Waals surface area (Å²) in [6.07, 6.45) is 2.45. The Morgan fingerprint density at radius 2 is 1.27 bits per heavy atom. The highest BCUT2D eigenvalue weighted by Gasteiger charge is 2.25. The van der Waals surface area contributed by atoms with Gasteiger partial charge in [0.15, 0.2) is 0 Å². The first-order valence-corrected chi connectivity index (χ1v) is 16.4. The number of rotatable bonds is 4. The molecule has 1 atom stereocenters. The molecule has 1 aromatic heterocycles. The summed E-state index contributed by atoms with van der Waals surface area (Å²) in [6, 6.07) is 47.0. The quantitative estimate of drug-likeness (QED) is 0.192. The number of likely N-dealkylation sites (tertiary alicyclic amines) is 1. The van der Waals surface area contributed by atoms with Crippen LogP contribution in [0.4, 0.5) is 0 Å². The van der Waals surface area contributed by atoms with E-state index in [0.29, 0.717) is 5.92 Å². The van der Waals surface area contributed by atoms with E-state index in [-0.39, 0.29) is 0 Å². The van der Waals surface area contributed by atoms with Gasteiger partial charge in [-0.2, -0.15) is 0 Å². The average Bonchev–Trinajstić information content (AvgIpc) is 3.49. The Morgan fingerprint density at radius 1 is 0.622 bits per heavy atom. The molecule has 9 rings (SSSR count). The number of fused-ring (bicyclic) bond motifs is 6. The number of para-hydroxylation sites is 1. The molecule has 0 saturated carbocycles. The SMILES string of the molecule is CCN1CCCC(c2cc(-c3c4ccccc4c(-c4ccc5ccccc5c4)c4ccccc34)c3c(c2)oc2ccccc23)C1. The summed E-state index contributed by atoms with van der Waals surface area (Å²) in [5.74, 6) is 0.490. The van der Waals surface area contributed by atoms with Gasteiger partial charge in [0.05, 0.1) is 0 Å². The van der Waals surface area contributed by atoms with Crippen molar-refractivity contribution in [3.63, 3.8) is 0 Å². The zero-order valence-electron chi connectivity index (χ0n) is 25.6. The first-order valence-electron chi connectivity index (χ1n) is 16.4. The van der Waals surface area contributed by atoms with Crippen LogP contribution in [-0.2, 0) is 0 Å². The van der Waals surface area contributed by atoms with E-state index in [1.54, 1.807) is 0 Å². The molecule has 0 aliphatic carbocycles. The Kier molecular flexibility index (Phi) is 6.24. The molecule has 1 saturated heterocycles. The summed E-state index contributed by atoms with van der Waals surface area (Å²) < 4.78 is 6.64. The van der Waals surface area contributed by atoms with Gasteiger partial charge in [0.2, 0.25) is 0 Å². The Hall–Kier alpha value is -4.92. The molecule has 1 unspecified atom stereocenters. The molecule has 45 heavy (non-hydrogen) atoms. The average molecular weight is 582 g/mol. The molecule has 1 aliphatic heterocycles. The Labute approximate surface area is 263 Å². The number of nitrogens with zero attached hydrogens (tertiary/aromatic N) is 1. The van der Waals surface area contributed by atoms with Crippen LogP contribution in [0.1, 0.15) is 31.2 Å². The van der Waals surface area contributed by atoms with Gasteiger partial charge in [0.25, 0.3) is 0 Å². The van der Waals surface area contributed by atoms with Crippen molar-refractivity contribution in [2.45, 2.75) is 25.7 Å². The fraction of sp³-hybridized carbons (Fsp3) is 0.163. The monoisotopic (exact) mass is 581 g/mol. The van der Waals surface area contributed by atoms with E-state index < -0.39 is 0 Å². The molecule has 1 aliphatic rings. The van der Waals surface area contributed by atoms with Crippen molar-refractivity contribution >= 4 is 54.3 Å². The van der Waals surface area contributed by atoms with Gasteiger partial charge in [0.1, 0.15) is 11.2 Å². The lowest BCUT2D eigenvalue weighted by Crippen LogP contribution is -2.34. The largest absolute Gasteiger partial charge is 0.456 e. The van der Waals surface area contributed by atoms with Crippen LogP contribution in [0.15, 0.2) is 132 Å². The standard InChI is InChI=1S/C43H35NO/c1-2-44-23-11-14-31(27-44)32-25-38(43-37-19-9-10-20-39(37)45-40(43)26-32)42-35-17-7-5-15-33(35)41(34-16-6-8-18-36(34)42)30-22-21-28-12-3-4-13-29(28)24-30/h3-10,12-13,15-22,24-26,31H,2,11,14,23,27H2,1H3. The number of furan rings is 1. The third kappa shape index (κ3) is 4.28. The molecule has 0 spiro atoms. The number of piperidine rings is 1. The Bertz CT molecular complexity index is 2340. The summed E-state index contributed by atoms with van der Waals surface area (Å²) >= 11 is 0. The van der Waals surface area contributed by atoms with E-state index in [2.05, 4.69) is 139 Å². The molecular formula is C43H35NO. The minimum absolute atomic E-state index is 0.490. The molecule has 0 bridgehead atoms. The van der Waals surface area contributed by atoms with Gasteiger partial charge in [-0.05, 0) is 116 Å². The Balaban J connectivity index is 1.39. The third-order valence-corrected chi connectivity index (χ3v) is 10.2. The van der Waals surface area contributed by atoms with E-state index >= 15 is 0 Å². The zero-order chi connectivity index (χ0) is 29.9. The minimum Gasteiger partial charge on any atom is -0.456 e. The highest BCUT2D eigenvalue weighted by Crippen LogP contribution is 2.48. The van der Waals surface area contributed by atoms with Crippen LogP contribution in [0.25, 0.3) is 76.5 Å². The topological polar surface area (TPSA) is 16.4 Å². The van der Waals surface area contributed by atoms with E-state index in [4.69, 9.17) is 4.42 Å². The van der Waals surface area contributed by atoms with Crippen molar-refractivity contribution in [2.75, 3.05) is 19.6 Å². The maximum atomic E-state index is 6.64. The van der Waals surface area contributed by atoms with Gasteiger partial charge >= 0.3 is 0 Å². The molecule has 0 radical (unpaired) electrons. The van der Waals surface area contributed by atoms with Crippen LogP contribution in [0.2, 0.25) is 0 Å². The van der Waals surface area contributed by atoms with Crippen LogP contribution >= 0.6 is 0 Å². The highest BCUT2D eigenvalue weighted by molar-refractivity contribution is 6.25. The van der Waals surface area contributed by atoms with Crippen LogP contribution < -0.4 is 0 Å². The third-order valence-electron chi connectivity index (χ3n) is 10.2. The summed E-state index contributed by atoms with van der Waals surface area (Å²) in [4.78, 5) is 2.60. The normalized spacial score (nSPS) is 16.0. The second-order valence-corrected chi connectivity index (χ2v) is 12.7. The van der Waals surface area contributed by atoms with Crippen LogP contribution in [0, 0.1) is 0 Å².